The molecule has 1 aliphatic heterocycles. The maximum absolute atomic E-state index is 2.70. The molecule has 1 heterocycles. The summed E-state index contributed by atoms with van der Waals surface area (Å²) >= 11 is 0. The molecule has 18 heavy (non-hydrogen) atoms. The van der Waals surface area contributed by atoms with Crippen molar-refractivity contribution in [2.75, 3.05) is 13.6 Å². The molecule has 1 heteroatoms. The lowest BCUT2D eigenvalue weighted by molar-refractivity contribution is -0.0133. The predicted molar refractivity (Wildman–Crippen MR) is 74.6 cm³/mol. The quantitative estimate of drug-likeness (QED) is 0.669. The zero-order chi connectivity index (χ0) is 12.2. The van der Waals surface area contributed by atoms with Crippen LogP contribution < -0.4 is 0 Å². The first-order valence-corrected chi connectivity index (χ1v) is 7.58. The van der Waals surface area contributed by atoms with Crippen LogP contribution in [0.3, 0.4) is 0 Å². The number of aryl methyl sites for hydroxylation is 1. The lowest BCUT2D eigenvalue weighted by atomic mass is 9.53. The second-order valence-electron chi connectivity index (χ2n) is 6.68. The molecule has 3 aliphatic rings. The summed E-state index contributed by atoms with van der Waals surface area (Å²) in [6.07, 6.45) is 9.89. The fourth-order valence-corrected chi connectivity index (χ4v) is 5.41. The first-order valence-electron chi connectivity index (χ1n) is 7.58. The van der Waals surface area contributed by atoms with Crippen LogP contribution in [0.15, 0.2) is 24.3 Å². The van der Waals surface area contributed by atoms with Gasteiger partial charge in [-0.1, -0.05) is 37.1 Å². The Kier molecular flexibility index (Phi) is 2.21. The molecule has 2 atom stereocenters. The molecule has 0 unspecified atom stereocenters. The van der Waals surface area contributed by atoms with Gasteiger partial charge in [0.25, 0.3) is 0 Å². The summed E-state index contributed by atoms with van der Waals surface area (Å²) in [6.45, 7) is 1.30. The summed E-state index contributed by atoms with van der Waals surface area (Å²) in [7, 11) is 2.37. The van der Waals surface area contributed by atoms with Gasteiger partial charge >= 0.3 is 0 Å². The summed E-state index contributed by atoms with van der Waals surface area (Å²) in [5.74, 6) is 0. The average Bonchev–Trinajstić information content (AvgIpc) is 2.74. The molecule has 1 aromatic rings. The summed E-state index contributed by atoms with van der Waals surface area (Å²) in [5, 5.41) is 0. The van der Waals surface area contributed by atoms with Crippen LogP contribution in [0.1, 0.15) is 49.7 Å². The zero-order valence-electron chi connectivity index (χ0n) is 11.4. The SMILES string of the molecule is CN1CC[C@]23CCCC[C@@]12c1ccccc1CC3. The molecule has 0 amide bonds. The van der Waals surface area contributed by atoms with Crippen LogP contribution in [0.5, 0.6) is 0 Å². The molecule has 0 bridgehead atoms. The summed E-state index contributed by atoms with van der Waals surface area (Å²) in [4.78, 5) is 2.70. The number of fused-ring (bicyclic) bond motifs is 1. The molecule has 0 aromatic heterocycles. The van der Waals surface area contributed by atoms with E-state index in [9.17, 15) is 0 Å². The van der Waals surface area contributed by atoms with Gasteiger partial charge in [0.15, 0.2) is 0 Å². The lowest BCUT2D eigenvalue weighted by Crippen LogP contribution is -2.54. The average molecular weight is 241 g/mol. The third kappa shape index (κ3) is 1.12. The maximum Gasteiger partial charge on any atom is 0.0517 e. The summed E-state index contributed by atoms with van der Waals surface area (Å²) < 4.78 is 0. The van der Waals surface area contributed by atoms with E-state index in [1.807, 2.05) is 0 Å². The number of hydrogen-bond donors (Lipinski definition) is 0. The molecule has 0 N–H and O–H groups in total. The zero-order valence-corrected chi connectivity index (χ0v) is 11.4. The number of hydrogen-bond acceptors (Lipinski definition) is 1. The molecule has 2 aliphatic carbocycles. The first kappa shape index (κ1) is 11.0. The summed E-state index contributed by atoms with van der Waals surface area (Å²) in [5.41, 5.74) is 4.30. The second-order valence-corrected chi connectivity index (χ2v) is 6.68. The van der Waals surface area contributed by atoms with Crippen molar-refractivity contribution in [3.05, 3.63) is 35.4 Å². The van der Waals surface area contributed by atoms with Crippen LogP contribution in [-0.4, -0.2) is 18.5 Å². The predicted octanol–water partition coefficient (Wildman–Crippen LogP) is 3.72. The van der Waals surface area contributed by atoms with Gasteiger partial charge in [-0.25, -0.2) is 0 Å². The Morgan fingerprint density at radius 3 is 2.78 bits per heavy atom. The van der Waals surface area contributed by atoms with Gasteiger partial charge in [-0.15, -0.1) is 0 Å². The maximum atomic E-state index is 2.70. The van der Waals surface area contributed by atoms with Crippen LogP contribution in [0.25, 0.3) is 0 Å². The monoisotopic (exact) mass is 241 g/mol. The highest BCUT2D eigenvalue weighted by Gasteiger charge is 2.60. The molecule has 0 spiro atoms. The Hall–Kier alpha value is -0.820. The van der Waals surface area contributed by atoms with E-state index in [0.717, 1.165) is 0 Å². The molecular weight excluding hydrogens is 218 g/mol. The molecule has 2 fully saturated rings. The van der Waals surface area contributed by atoms with Crippen molar-refractivity contribution in [1.29, 1.82) is 0 Å². The first-order chi connectivity index (χ1) is 8.79. The van der Waals surface area contributed by atoms with Crippen molar-refractivity contribution in [3.63, 3.8) is 0 Å². The van der Waals surface area contributed by atoms with Gasteiger partial charge in [-0.3, -0.25) is 4.90 Å². The number of nitrogens with zero attached hydrogens (tertiary/aromatic N) is 1. The smallest absolute Gasteiger partial charge is 0.0517 e. The van der Waals surface area contributed by atoms with Gasteiger partial charge in [0.05, 0.1) is 5.54 Å². The Labute approximate surface area is 110 Å². The minimum Gasteiger partial charge on any atom is -0.296 e. The normalized spacial score (nSPS) is 38.9. The van der Waals surface area contributed by atoms with Gasteiger partial charge in [-0.05, 0) is 62.2 Å². The van der Waals surface area contributed by atoms with E-state index in [4.69, 9.17) is 0 Å². The Bertz CT molecular complexity index is 476. The van der Waals surface area contributed by atoms with Gasteiger partial charge in [0, 0.05) is 0 Å². The van der Waals surface area contributed by atoms with Crippen molar-refractivity contribution >= 4 is 0 Å². The Morgan fingerprint density at radius 2 is 1.83 bits per heavy atom. The second kappa shape index (κ2) is 3.60. The highest BCUT2D eigenvalue weighted by Crippen LogP contribution is 2.64. The molecule has 4 rings (SSSR count). The molecule has 1 aromatic carbocycles. The molecule has 1 saturated heterocycles. The van der Waals surface area contributed by atoms with E-state index in [0.29, 0.717) is 11.0 Å². The highest BCUT2D eigenvalue weighted by molar-refractivity contribution is 5.41. The third-order valence-electron chi connectivity index (χ3n) is 6.23. The van der Waals surface area contributed by atoms with E-state index < -0.39 is 0 Å². The Morgan fingerprint density at radius 1 is 1.00 bits per heavy atom. The third-order valence-corrected chi connectivity index (χ3v) is 6.23. The van der Waals surface area contributed by atoms with Crippen molar-refractivity contribution in [2.45, 2.75) is 50.5 Å². The van der Waals surface area contributed by atoms with Crippen molar-refractivity contribution in [2.24, 2.45) is 5.41 Å². The van der Waals surface area contributed by atoms with E-state index in [-0.39, 0.29) is 0 Å². The lowest BCUT2D eigenvalue weighted by Gasteiger charge is -2.56. The number of benzene rings is 1. The molecule has 96 valence electrons. The van der Waals surface area contributed by atoms with Crippen molar-refractivity contribution in [1.82, 2.24) is 4.90 Å². The minimum absolute atomic E-state index is 0.389. The van der Waals surface area contributed by atoms with Crippen LogP contribution in [0.2, 0.25) is 0 Å². The van der Waals surface area contributed by atoms with Crippen LogP contribution in [0.4, 0.5) is 0 Å². The van der Waals surface area contributed by atoms with E-state index >= 15 is 0 Å². The standard InChI is InChI=1S/C17H23N/c1-18-13-12-16-9-4-5-10-17(16,18)15-7-3-2-6-14(15)8-11-16/h2-3,6-7H,4-5,8-13H2,1H3/t16-,17+/m1/s1. The minimum atomic E-state index is 0.389. The van der Waals surface area contributed by atoms with E-state index in [2.05, 4.69) is 36.2 Å². The fraction of sp³-hybridized carbons (Fsp3) is 0.647. The number of likely N-dealkylation sites (tertiary alicyclic amines) is 1. The van der Waals surface area contributed by atoms with E-state index in [1.165, 1.54) is 51.5 Å². The molecular formula is C17H23N. The van der Waals surface area contributed by atoms with Gasteiger partial charge in [0.1, 0.15) is 0 Å². The van der Waals surface area contributed by atoms with Crippen molar-refractivity contribution in [3.8, 4) is 0 Å². The number of rotatable bonds is 0. The van der Waals surface area contributed by atoms with E-state index in [1.54, 1.807) is 11.1 Å². The van der Waals surface area contributed by atoms with Gasteiger partial charge in [-0.2, -0.15) is 0 Å². The molecule has 0 radical (unpaired) electrons. The molecule has 1 nitrogen and oxygen atoms in total. The summed E-state index contributed by atoms with van der Waals surface area (Å²) in [6, 6.07) is 9.27. The van der Waals surface area contributed by atoms with Crippen LogP contribution in [-0.2, 0) is 12.0 Å². The topological polar surface area (TPSA) is 3.24 Å². The van der Waals surface area contributed by atoms with Gasteiger partial charge < -0.3 is 0 Å². The van der Waals surface area contributed by atoms with Crippen molar-refractivity contribution < 1.29 is 0 Å². The van der Waals surface area contributed by atoms with Gasteiger partial charge in [0.2, 0.25) is 0 Å². The van der Waals surface area contributed by atoms with Crippen LogP contribution in [0, 0.1) is 5.41 Å². The molecule has 1 saturated carbocycles. The largest absolute Gasteiger partial charge is 0.296 e. The highest BCUT2D eigenvalue weighted by atomic mass is 15.2. The van der Waals surface area contributed by atoms with Crippen LogP contribution >= 0.6 is 0 Å². The fourth-order valence-electron chi connectivity index (χ4n) is 5.41. The Balaban J connectivity index is 1.97.